The molecule has 2 N–H and O–H groups in total. The van der Waals surface area contributed by atoms with Crippen LogP contribution in [0.3, 0.4) is 0 Å². The van der Waals surface area contributed by atoms with E-state index in [1.165, 1.54) is 5.56 Å². The maximum atomic E-state index is 12.0. The molecule has 1 atom stereocenters. The topological polar surface area (TPSA) is 56.0 Å². The van der Waals surface area contributed by atoms with Crippen molar-refractivity contribution in [2.24, 2.45) is 0 Å². The van der Waals surface area contributed by atoms with Gasteiger partial charge in [-0.15, -0.1) is 0 Å². The maximum Gasteiger partial charge on any atom is 0.150 e. The van der Waals surface area contributed by atoms with Crippen LogP contribution < -0.4 is 5.73 Å². The van der Waals surface area contributed by atoms with Gasteiger partial charge in [0.1, 0.15) is 5.03 Å². The molecule has 3 nitrogen and oxygen atoms in total. The molecule has 0 saturated carbocycles. The third kappa shape index (κ3) is 3.40. The Balaban J connectivity index is 1.88. The van der Waals surface area contributed by atoms with Crippen LogP contribution in [0.1, 0.15) is 12.0 Å². The van der Waals surface area contributed by atoms with Crippen molar-refractivity contribution in [1.82, 2.24) is 4.98 Å². The van der Waals surface area contributed by atoms with Crippen LogP contribution in [-0.2, 0) is 17.2 Å². The number of aromatic nitrogens is 1. The van der Waals surface area contributed by atoms with Crippen molar-refractivity contribution in [2.75, 3.05) is 11.5 Å². The van der Waals surface area contributed by atoms with Crippen molar-refractivity contribution in [3.8, 4) is 0 Å². The second-order valence-corrected chi connectivity index (χ2v) is 5.52. The molecule has 0 amide bonds. The second-order valence-electron chi connectivity index (χ2n) is 4.04. The first-order chi connectivity index (χ1) is 8.77. The van der Waals surface area contributed by atoms with Gasteiger partial charge in [0.15, 0.2) is 0 Å². The number of pyridine rings is 1. The first-order valence-corrected chi connectivity index (χ1v) is 7.22. The van der Waals surface area contributed by atoms with E-state index in [2.05, 4.69) is 17.1 Å². The van der Waals surface area contributed by atoms with E-state index in [1.807, 2.05) is 18.2 Å². The van der Waals surface area contributed by atoms with Gasteiger partial charge >= 0.3 is 0 Å². The number of benzene rings is 1. The van der Waals surface area contributed by atoms with Crippen LogP contribution in [-0.4, -0.2) is 14.9 Å². The summed E-state index contributed by atoms with van der Waals surface area (Å²) in [5.41, 5.74) is 7.53. The molecule has 0 aliphatic heterocycles. The molecule has 0 radical (unpaired) electrons. The average molecular weight is 260 g/mol. The molecule has 2 aromatic rings. The number of anilines is 1. The van der Waals surface area contributed by atoms with E-state index < -0.39 is 10.8 Å². The minimum atomic E-state index is -1.10. The minimum Gasteiger partial charge on any atom is -0.396 e. The van der Waals surface area contributed by atoms with Gasteiger partial charge in [0.25, 0.3) is 0 Å². The van der Waals surface area contributed by atoms with Crippen molar-refractivity contribution in [3.63, 3.8) is 0 Å². The Hall–Kier alpha value is -1.68. The van der Waals surface area contributed by atoms with Crippen molar-refractivity contribution >= 4 is 16.5 Å². The quantitative estimate of drug-likeness (QED) is 0.898. The minimum absolute atomic E-state index is 0.505. The molecule has 2 rings (SSSR count). The summed E-state index contributed by atoms with van der Waals surface area (Å²) < 4.78 is 12.0. The summed E-state index contributed by atoms with van der Waals surface area (Å²) in [4.78, 5) is 4.08. The predicted octanol–water partition coefficient (Wildman–Crippen LogP) is 2.40. The molecule has 0 fully saturated rings. The highest BCUT2D eigenvalue weighted by Crippen LogP contribution is 2.13. The van der Waals surface area contributed by atoms with Gasteiger partial charge in [-0.25, -0.2) is 4.98 Å². The molecule has 94 valence electrons. The zero-order valence-electron chi connectivity index (χ0n) is 10.1. The summed E-state index contributed by atoms with van der Waals surface area (Å²) in [7, 11) is -1.10. The summed E-state index contributed by atoms with van der Waals surface area (Å²) in [6.45, 7) is 0. The van der Waals surface area contributed by atoms with Gasteiger partial charge < -0.3 is 5.73 Å². The van der Waals surface area contributed by atoms with Crippen LogP contribution in [0, 0.1) is 0 Å². The molecule has 1 aromatic heterocycles. The molecule has 1 unspecified atom stereocenters. The van der Waals surface area contributed by atoms with E-state index in [0.29, 0.717) is 16.5 Å². The summed E-state index contributed by atoms with van der Waals surface area (Å²) in [6, 6.07) is 13.7. The smallest absolute Gasteiger partial charge is 0.150 e. The molecule has 18 heavy (non-hydrogen) atoms. The van der Waals surface area contributed by atoms with E-state index in [9.17, 15) is 4.21 Å². The van der Waals surface area contributed by atoms with Crippen LogP contribution >= 0.6 is 0 Å². The van der Waals surface area contributed by atoms with Gasteiger partial charge in [-0.2, -0.15) is 0 Å². The van der Waals surface area contributed by atoms with E-state index in [1.54, 1.807) is 18.3 Å². The third-order valence-electron chi connectivity index (χ3n) is 2.65. The van der Waals surface area contributed by atoms with E-state index in [0.717, 1.165) is 12.8 Å². The first kappa shape index (κ1) is 12.8. The molecule has 0 saturated heterocycles. The number of hydrogen-bond donors (Lipinski definition) is 1. The van der Waals surface area contributed by atoms with E-state index in [-0.39, 0.29) is 0 Å². The normalized spacial score (nSPS) is 12.2. The second kappa shape index (κ2) is 6.31. The lowest BCUT2D eigenvalue weighted by Crippen LogP contribution is -2.05. The Morgan fingerprint density at radius 2 is 1.89 bits per heavy atom. The highest BCUT2D eigenvalue weighted by atomic mass is 32.2. The van der Waals surface area contributed by atoms with Crippen LogP contribution in [0.4, 0.5) is 5.69 Å². The van der Waals surface area contributed by atoms with Crippen molar-refractivity contribution in [2.45, 2.75) is 17.9 Å². The van der Waals surface area contributed by atoms with Gasteiger partial charge in [-0.3, -0.25) is 4.21 Å². The number of hydrogen-bond acceptors (Lipinski definition) is 3. The van der Waals surface area contributed by atoms with E-state index in [4.69, 9.17) is 5.73 Å². The number of rotatable bonds is 5. The zero-order chi connectivity index (χ0) is 12.8. The SMILES string of the molecule is Nc1cccnc1S(=O)CCCc1ccccc1. The third-order valence-corrected chi connectivity index (χ3v) is 4.09. The Morgan fingerprint density at radius 1 is 1.11 bits per heavy atom. The fraction of sp³-hybridized carbons (Fsp3) is 0.214. The highest BCUT2D eigenvalue weighted by molar-refractivity contribution is 7.85. The predicted molar refractivity (Wildman–Crippen MR) is 74.7 cm³/mol. The Labute approximate surface area is 110 Å². The van der Waals surface area contributed by atoms with Gasteiger partial charge in [-0.05, 0) is 30.5 Å². The van der Waals surface area contributed by atoms with Crippen molar-refractivity contribution < 1.29 is 4.21 Å². The molecule has 1 heterocycles. The largest absolute Gasteiger partial charge is 0.396 e. The van der Waals surface area contributed by atoms with Crippen LogP contribution in [0.2, 0.25) is 0 Å². The average Bonchev–Trinajstić information content (AvgIpc) is 2.40. The molecule has 4 heteroatoms. The molecule has 0 spiro atoms. The van der Waals surface area contributed by atoms with Crippen molar-refractivity contribution in [1.29, 1.82) is 0 Å². The molecule has 1 aromatic carbocycles. The lowest BCUT2D eigenvalue weighted by molar-refractivity contribution is 0.678. The summed E-state index contributed by atoms with van der Waals surface area (Å²) in [5, 5.41) is 0.505. The summed E-state index contributed by atoms with van der Waals surface area (Å²) in [6.07, 6.45) is 3.42. The molecular formula is C14H16N2OS. The Kier molecular flexibility index (Phi) is 4.47. The van der Waals surface area contributed by atoms with E-state index >= 15 is 0 Å². The lowest BCUT2D eigenvalue weighted by Gasteiger charge is -2.04. The number of nitrogens with zero attached hydrogens (tertiary/aromatic N) is 1. The molecular weight excluding hydrogens is 244 g/mol. The Morgan fingerprint density at radius 3 is 2.61 bits per heavy atom. The standard InChI is InChI=1S/C14H16N2OS/c15-13-9-4-10-16-14(13)18(17)11-5-8-12-6-2-1-3-7-12/h1-4,6-7,9-10H,5,8,11,15H2. The van der Waals surface area contributed by atoms with Crippen LogP contribution in [0.15, 0.2) is 53.7 Å². The number of nitrogens with two attached hydrogens (primary N) is 1. The summed E-state index contributed by atoms with van der Waals surface area (Å²) >= 11 is 0. The number of nitrogen functional groups attached to an aromatic ring is 1. The molecule has 0 aliphatic carbocycles. The lowest BCUT2D eigenvalue weighted by atomic mass is 10.1. The Bertz CT molecular complexity index is 528. The zero-order valence-corrected chi connectivity index (χ0v) is 10.9. The fourth-order valence-corrected chi connectivity index (χ4v) is 2.85. The number of aryl methyl sites for hydroxylation is 1. The van der Waals surface area contributed by atoms with Crippen molar-refractivity contribution in [3.05, 3.63) is 54.2 Å². The molecule has 0 bridgehead atoms. The van der Waals surface area contributed by atoms with Gasteiger partial charge in [0.05, 0.1) is 16.5 Å². The van der Waals surface area contributed by atoms with Gasteiger partial charge in [0.2, 0.25) is 0 Å². The van der Waals surface area contributed by atoms with Gasteiger partial charge in [-0.1, -0.05) is 30.3 Å². The van der Waals surface area contributed by atoms with Gasteiger partial charge in [0, 0.05) is 11.9 Å². The van der Waals surface area contributed by atoms with Crippen LogP contribution in [0.25, 0.3) is 0 Å². The fourth-order valence-electron chi connectivity index (χ4n) is 1.74. The monoisotopic (exact) mass is 260 g/mol. The summed E-state index contributed by atoms with van der Waals surface area (Å²) in [5.74, 6) is 0.593. The van der Waals surface area contributed by atoms with Crippen LogP contribution in [0.5, 0.6) is 0 Å². The maximum absolute atomic E-state index is 12.0. The molecule has 0 aliphatic rings. The first-order valence-electron chi connectivity index (χ1n) is 5.90. The highest BCUT2D eigenvalue weighted by Gasteiger charge is 2.08.